The van der Waals surface area contributed by atoms with Gasteiger partial charge in [0.05, 0.1) is 7.11 Å². The minimum atomic E-state index is -0.936. The number of benzene rings is 2. The summed E-state index contributed by atoms with van der Waals surface area (Å²) in [5.74, 6) is 0.158. The van der Waals surface area contributed by atoms with Crippen LogP contribution in [0.15, 0.2) is 48.5 Å². The van der Waals surface area contributed by atoms with Crippen molar-refractivity contribution in [3.05, 3.63) is 59.7 Å². The fraction of sp³-hybridized carbons (Fsp3) is 0.545. The lowest BCUT2D eigenvalue weighted by Gasteiger charge is -2.39. The molecule has 0 aliphatic heterocycles. The second-order valence-corrected chi connectivity index (χ2v) is 12.5. The topological polar surface area (TPSA) is 97.0 Å². The number of carbonyl (C=O) groups is 3. The van der Waals surface area contributed by atoms with E-state index in [4.69, 9.17) is 9.47 Å². The summed E-state index contributed by atoms with van der Waals surface area (Å²) in [6, 6.07) is 12.6. The Morgan fingerprint density at radius 1 is 0.878 bits per heavy atom. The van der Waals surface area contributed by atoms with E-state index in [0.29, 0.717) is 29.3 Å². The summed E-state index contributed by atoms with van der Waals surface area (Å²) in [5.41, 5.74) is 1.59. The van der Waals surface area contributed by atoms with Gasteiger partial charge in [0.2, 0.25) is 5.91 Å². The molecule has 0 radical (unpaired) electrons. The monoisotopic (exact) mass is 567 g/mol. The van der Waals surface area contributed by atoms with Crippen LogP contribution in [-0.4, -0.2) is 47.6 Å². The van der Waals surface area contributed by atoms with Crippen LogP contribution in [0.2, 0.25) is 0 Å². The first kappa shape index (κ1) is 33.7. The standard InChI is InChI=1S/C33H49N3O5/c1-21(2)11-14-24(6)36(31(38)28(22(3)4)35-32(39)41-33(7,8)9)29(25-15-12-23(5)13-16-25)30(37)34-26-17-19-27(40-10)20-18-26/h12-13,15-22,24,28-29H,11,14H2,1-10H3,(H,34,37)(H,35,39). The first-order valence-corrected chi connectivity index (χ1v) is 14.5. The van der Waals surface area contributed by atoms with E-state index in [2.05, 4.69) is 24.5 Å². The minimum Gasteiger partial charge on any atom is -0.497 e. The van der Waals surface area contributed by atoms with Crippen molar-refractivity contribution in [2.45, 2.75) is 98.9 Å². The summed E-state index contributed by atoms with van der Waals surface area (Å²) < 4.78 is 10.7. The molecule has 41 heavy (non-hydrogen) atoms. The van der Waals surface area contributed by atoms with E-state index in [1.807, 2.05) is 52.0 Å². The normalized spacial score (nSPS) is 13.8. The SMILES string of the molecule is COc1ccc(NC(=O)C(c2ccc(C)cc2)N(C(=O)C(NC(=O)OC(C)(C)C)C(C)C)C(C)CCC(C)C)cc1. The molecule has 226 valence electrons. The number of nitrogens with one attached hydrogen (secondary N) is 2. The molecule has 0 aliphatic carbocycles. The Bertz CT molecular complexity index is 1140. The lowest BCUT2D eigenvalue weighted by Crippen LogP contribution is -2.56. The molecule has 2 rings (SSSR count). The molecule has 8 nitrogen and oxygen atoms in total. The third-order valence-corrected chi connectivity index (χ3v) is 6.77. The molecule has 3 unspecified atom stereocenters. The zero-order valence-corrected chi connectivity index (χ0v) is 26.4. The zero-order valence-electron chi connectivity index (χ0n) is 26.4. The number of rotatable bonds is 12. The Morgan fingerprint density at radius 3 is 1.95 bits per heavy atom. The summed E-state index contributed by atoms with van der Waals surface area (Å²) in [5, 5.41) is 5.79. The van der Waals surface area contributed by atoms with Crippen molar-refractivity contribution in [1.82, 2.24) is 10.2 Å². The van der Waals surface area contributed by atoms with Crippen molar-refractivity contribution in [2.75, 3.05) is 12.4 Å². The number of methoxy groups -OCH3 is 1. The van der Waals surface area contributed by atoms with E-state index in [1.54, 1.807) is 57.0 Å². The molecule has 0 fully saturated rings. The Labute approximate surface area is 246 Å². The van der Waals surface area contributed by atoms with Gasteiger partial charge in [-0.05, 0) is 89.1 Å². The predicted molar refractivity (Wildman–Crippen MR) is 164 cm³/mol. The number of aryl methyl sites for hydroxylation is 1. The molecule has 0 saturated heterocycles. The van der Waals surface area contributed by atoms with Crippen molar-refractivity contribution in [3.8, 4) is 5.75 Å². The third kappa shape index (κ3) is 10.4. The molecule has 0 heterocycles. The van der Waals surface area contributed by atoms with Crippen LogP contribution < -0.4 is 15.4 Å². The van der Waals surface area contributed by atoms with Gasteiger partial charge in [-0.1, -0.05) is 57.5 Å². The number of hydrogen-bond donors (Lipinski definition) is 2. The molecule has 0 bridgehead atoms. The first-order chi connectivity index (χ1) is 19.1. The zero-order chi connectivity index (χ0) is 30.9. The maximum Gasteiger partial charge on any atom is 0.408 e. The fourth-order valence-electron chi connectivity index (χ4n) is 4.49. The van der Waals surface area contributed by atoms with Crippen LogP contribution in [0.25, 0.3) is 0 Å². The number of ether oxygens (including phenoxy) is 2. The average Bonchev–Trinajstić information content (AvgIpc) is 2.88. The smallest absolute Gasteiger partial charge is 0.408 e. The number of amides is 3. The Kier molecular flexibility index (Phi) is 12.2. The number of carbonyl (C=O) groups excluding carboxylic acids is 3. The van der Waals surface area contributed by atoms with Gasteiger partial charge in [0.15, 0.2) is 0 Å². The molecule has 0 aromatic heterocycles. The van der Waals surface area contributed by atoms with Crippen molar-refractivity contribution >= 4 is 23.6 Å². The van der Waals surface area contributed by atoms with Crippen LogP contribution in [0.3, 0.4) is 0 Å². The van der Waals surface area contributed by atoms with Gasteiger partial charge in [-0.2, -0.15) is 0 Å². The molecule has 0 spiro atoms. The van der Waals surface area contributed by atoms with Crippen molar-refractivity contribution < 1.29 is 23.9 Å². The number of nitrogens with zero attached hydrogens (tertiary/aromatic N) is 1. The summed E-state index contributed by atoms with van der Waals surface area (Å²) in [6.07, 6.45) is 0.894. The highest BCUT2D eigenvalue weighted by Gasteiger charge is 2.40. The minimum absolute atomic E-state index is 0.252. The molecule has 2 aromatic rings. The van der Waals surface area contributed by atoms with Gasteiger partial charge in [0.1, 0.15) is 23.4 Å². The first-order valence-electron chi connectivity index (χ1n) is 14.5. The van der Waals surface area contributed by atoms with Crippen LogP contribution in [0.4, 0.5) is 10.5 Å². The number of hydrogen-bond acceptors (Lipinski definition) is 5. The van der Waals surface area contributed by atoms with E-state index >= 15 is 0 Å². The van der Waals surface area contributed by atoms with Crippen LogP contribution in [0.5, 0.6) is 5.75 Å². The second kappa shape index (κ2) is 14.9. The van der Waals surface area contributed by atoms with Crippen LogP contribution in [0, 0.1) is 18.8 Å². The Morgan fingerprint density at radius 2 is 1.46 bits per heavy atom. The highest BCUT2D eigenvalue weighted by molar-refractivity contribution is 5.99. The fourth-order valence-corrected chi connectivity index (χ4v) is 4.49. The van der Waals surface area contributed by atoms with Gasteiger partial charge in [-0.25, -0.2) is 4.79 Å². The second-order valence-electron chi connectivity index (χ2n) is 12.5. The predicted octanol–water partition coefficient (Wildman–Crippen LogP) is 6.89. The van der Waals surface area contributed by atoms with Crippen LogP contribution in [-0.2, 0) is 14.3 Å². The van der Waals surface area contributed by atoms with Gasteiger partial charge in [0.25, 0.3) is 5.91 Å². The Balaban J connectivity index is 2.59. The van der Waals surface area contributed by atoms with Gasteiger partial charge >= 0.3 is 6.09 Å². The summed E-state index contributed by atoms with van der Waals surface area (Å²) >= 11 is 0. The molecule has 3 atom stereocenters. The van der Waals surface area contributed by atoms with Gasteiger partial charge in [-0.15, -0.1) is 0 Å². The molecule has 2 aromatic carbocycles. The van der Waals surface area contributed by atoms with E-state index in [0.717, 1.165) is 12.0 Å². The molecular formula is C33H49N3O5. The third-order valence-electron chi connectivity index (χ3n) is 6.77. The molecule has 3 amide bonds. The summed E-state index contributed by atoms with van der Waals surface area (Å²) in [6.45, 7) is 17.3. The highest BCUT2D eigenvalue weighted by Crippen LogP contribution is 2.30. The number of anilines is 1. The van der Waals surface area contributed by atoms with E-state index < -0.39 is 23.8 Å². The Hall–Kier alpha value is -3.55. The van der Waals surface area contributed by atoms with Crippen molar-refractivity contribution in [3.63, 3.8) is 0 Å². The van der Waals surface area contributed by atoms with Gasteiger partial charge in [-0.3, -0.25) is 9.59 Å². The van der Waals surface area contributed by atoms with Crippen LogP contribution >= 0.6 is 0 Å². The van der Waals surface area contributed by atoms with Crippen molar-refractivity contribution in [2.24, 2.45) is 11.8 Å². The van der Waals surface area contributed by atoms with Crippen molar-refractivity contribution in [1.29, 1.82) is 0 Å². The number of alkyl carbamates (subject to hydrolysis) is 1. The van der Waals surface area contributed by atoms with E-state index in [1.165, 1.54) is 0 Å². The highest BCUT2D eigenvalue weighted by atomic mass is 16.6. The molecular weight excluding hydrogens is 518 g/mol. The van der Waals surface area contributed by atoms with Gasteiger partial charge in [0, 0.05) is 11.7 Å². The van der Waals surface area contributed by atoms with Crippen LogP contribution in [0.1, 0.15) is 85.4 Å². The largest absolute Gasteiger partial charge is 0.497 e. The summed E-state index contributed by atoms with van der Waals surface area (Å²) in [4.78, 5) is 43.0. The molecule has 0 saturated carbocycles. The molecule has 2 N–H and O–H groups in total. The maximum atomic E-state index is 14.5. The molecule has 0 aliphatic rings. The lowest BCUT2D eigenvalue weighted by molar-refractivity contribution is -0.144. The lowest BCUT2D eigenvalue weighted by atomic mass is 9.94. The van der Waals surface area contributed by atoms with Gasteiger partial charge < -0.3 is 25.0 Å². The average molecular weight is 568 g/mol. The maximum absolute atomic E-state index is 14.5. The summed E-state index contributed by atoms with van der Waals surface area (Å²) in [7, 11) is 1.58. The van der Waals surface area contributed by atoms with E-state index in [-0.39, 0.29) is 23.8 Å². The van der Waals surface area contributed by atoms with E-state index in [9.17, 15) is 14.4 Å². The molecule has 8 heteroatoms. The quantitative estimate of drug-likeness (QED) is 0.291.